The fourth-order valence-electron chi connectivity index (χ4n) is 1.28. The van der Waals surface area contributed by atoms with Crippen LogP contribution in [0.3, 0.4) is 0 Å². The number of hydrogen-bond acceptors (Lipinski definition) is 1. The van der Waals surface area contributed by atoms with Gasteiger partial charge in [-0.25, -0.2) is 0 Å². The maximum Gasteiger partial charge on any atom is 0.415 e. The van der Waals surface area contributed by atoms with Crippen molar-refractivity contribution in [1.82, 2.24) is 0 Å². The predicted molar refractivity (Wildman–Crippen MR) is 67.0 cm³/mol. The first-order valence-corrected chi connectivity index (χ1v) is 5.71. The minimum atomic E-state index is -1.42. The van der Waals surface area contributed by atoms with Crippen LogP contribution < -0.4 is 10.6 Å². The average Bonchev–Trinajstić information content (AvgIpc) is 2.30. The second kappa shape index (κ2) is 5.65. The summed E-state index contributed by atoms with van der Waals surface area (Å²) in [6.45, 7) is 0. The zero-order valence-electron chi connectivity index (χ0n) is 8.04. The molecule has 0 fully saturated rings. The number of hydrogen-bond donors (Lipinski definition) is 0. The van der Waals surface area contributed by atoms with Crippen LogP contribution in [0.5, 0.6) is 0 Å². The molecule has 15 heavy (non-hydrogen) atoms. The molecule has 0 amide bonds. The minimum Gasteiger partial charge on any atom is -0.147 e. The summed E-state index contributed by atoms with van der Waals surface area (Å²) >= 11 is 0. The van der Waals surface area contributed by atoms with Crippen molar-refractivity contribution < 1.29 is 4.57 Å². The monoisotopic (exact) mass is 237 g/mol. The van der Waals surface area contributed by atoms with Crippen molar-refractivity contribution in [3.63, 3.8) is 0 Å². The van der Waals surface area contributed by atoms with E-state index in [4.69, 9.17) is 0 Å². The first-order chi connectivity index (χ1) is 6.88. The molecule has 76 valence electrons. The molecule has 0 unspecified atom stereocenters. The van der Waals surface area contributed by atoms with Gasteiger partial charge in [0.1, 0.15) is 0 Å². The summed E-state index contributed by atoms with van der Waals surface area (Å²) in [5.41, 5.74) is 0. The predicted octanol–water partition coefficient (Wildman–Crippen LogP) is 2.89. The van der Waals surface area contributed by atoms with Gasteiger partial charge in [0.05, 0.1) is 0 Å². The maximum atomic E-state index is 12.0. The second-order valence-corrected chi connectivity index (χ2v) is 4.59. The molecule has 0 heterocycles. The standard InChI is InChI=1S/C12H10OP.ClH/c13-14(11-7-3-1-4-8-11)12-9-5-2-6-10-12;/h1-10H;1H/q+1;. The highest BCUT2D eigenvalue weighted by Crippen LogP contribution is 2.18. The van der Waals surface area contributed by atoms with Crippen LogP contribution >= 0.6 is 20.2 Å². The Bertz CT molecular complexity index is 386. The molecule has 0 atom stereocenters. The molecule has 2 aromatic carbocycles. The van der Waals surface area contributed by atoms with Crippen molar-refractivity contribution in [2.24, 2.45) is 0 Å². The van der Waals surface area contributed by atoms with Crippen molar-refractivity contribution in [3.8, 4) is 0 Å². The van der Waals surface area contributed by atoms with E-state index in [2.05, 4.69) is 0 Å². The summed E-state index contributed by atoms with van der Waals surface area (Å²) in [6, 6.07) is 19.1. The molecular weight excluding hydrogens is 227 g/mol. The largest absolute Gasteiger partial charge is 0.415 e. The summed E-state index contributed by atoms with van der Waals surface area (Å²) in [7, 11) is -1.42. The van der Waals surface area contributed by atoms with Crippen LogP contribution in [0.25, 0.3) is 0 Å². The Balaban J connectivity index is 0.00000112. The van der Waals surface area contributed by atoms with E-state index in [1.165, 1.54) is 0 Å². The Kier molecular flexibility index (Phi) is 4.48. The fraction of sp³-hybridized carbons (Fsp3) is 0. The van der Waals surface area contributed by atoms with Crippen LogP contribution in [0.15, 0.2) is 60.7 Å². The molecule has 0 saturated carbocycles. The molecule has 2 aromatic rings. The van der Waals surface area contributed by atoms with E-state index in [0.29, 0.717) is 0 Å². The first kappa shape index (κ1) is 11.9. The molecule has 0 aliphatic carbocycles. The van der Waals surface area contributed by atoms with Gasteiger partial charge in [-0.05, 0) is 24.3 Å². The molecule has 0 aliphatic rings. The average molecular weight is 238 g/mol. The smallest absolute Gasteiger partial charge is 0.147 e. The van der Waals surface area contributed by atoms with Crippen LogP contribution in [0, 0.1) is 0 Å². The lowest BCUT2D eigenvalue weighted by molar-refractivity contribution is 0.598. The molecule has 0 aromatic heterocycles. The van der Waals surface area contributed by atoms with Crippen LogP contribution in [0.2, 0.25) is 0 Å². The molecule has 0 N–H and O–H groups in total. The van der Waals surface area contributed by atoms with Crippen LogP contribution in [-0.2, 0) is 4.57 Å². The van der Waals surface area contributed by atoms with E-state index in [9.17, 15) is 4.57 Å². The third-order valence-electron chi connectivity index (χ3n) is 1.98. The Morgan fingerprint density at radius 2 is 1.00 bits per heavy atom. The molecule has 0 spiro atoms. The molecule has 0 aliphatic heterocycles. The van der Waals surface area contributed by atoms with Gasteiger partial charge in [-0.15, -0.1) is 12.4 Å². The van der Waals surface area contributed by atoms with Gasteiger partial charge in [-0.3, -0.25) is 0 Å². The lowest BCUT2D eigenvalue weighted by atomic mass is 10.4. The molecule has 2 rings (SSSR count). The summed E-state index contributed by atoms with van der Waals surface area (Å²) in [4.78, 5) is 0. The third-order valence-corrected chi connectivity index (χ3v) is 3.52. The van der Waals surface area contributed by atoms with Crippen molar-refractivity contribution in [3.05, 3.63) is 60.7 Å². The minimum absolute atomic E-state index is 0. The van der Waals surface area contributed by atoms with Crippen molar-refractivity contribution in [1.29, 1.82) is 0 Å². The van der Waals surface area contributed by atoms with Gasteiger partial charge < -0.3 is 0 Å². The van der Waals surface area contributed by atoms with E-state index >= 15 is 0 Å². The Hall–Kier alpha value is -1.17. The summed E-state index contributed by atoms with van der Waals surface area (Å²) in [6.07, 6.45) is 0. The normalized spacial score (nSPS) is 9.07. The summed E-state index contributed by atoms with van der Waals surface area (Å²) < 4.78 is 12.0. The second-order valence-electron chi connectivity index (χ2n) is 2.97. The Labute approximate surface area is 96.3 Å². The van der Waals surface area contributed by atoms with Gasteiger partial charge in [0.2, 0.25) is 0 Å². The van der Waals surface area contributed by atoms with Gasteiger partial charge in [0.25, 0.3) is 0 Å². The number of rotatable bonds is 2. The molecule has 0 saturated heterocycles. The highest BCUT2D eigenvalue weighted by atomic mass is 35.5. The molecule has 0 bridgehead atoms. The number of halogens is 1. The van der Waals surface area contributed by atoms with Crippen LogP contribution in [0.1, 0.15) is 0 Å². The Morgan fingerprint density at radius 3 is 1.33 bits per heavy atom. The van der Waals surface area contributed by atoms with E-state index in [-0.39, 0.29) is 12.4 Å². The van der Waals surface area contributed by atoms with Gasteiger partial charge in [0.15, 0.2) is 10.6 Å². The van der Waals surface area contributed by atoms with E-state index in [1.807, 2.05) is 60.7 Å². The quantitative estimate of drug-likeness (QED) is 0.734. The fourth-order valence-corrected chi connectivity index (χ4v) is 2.46. The molecule has 3 heteroatoms. The van der Waals surface area contributed by atoms with Gasteiger partial charge in [-0.1, -0.05) is 41.0 Å². The van der Waals surface area contributed by atoms with Gasteiger partial charge >= 0.3 is 7.80 Å². The van der Waals surface area contributed by atoms with E-state index < -0.39 is 7.80 Å². The number of benzene rings is 2. The summed E-state index contributed by atoms with van der Waals surface area (Å²) in [5.74, 6) is 0. The first-order valence-electron chi connectivity index (χ1n) is 4.45. The zero-order chi connectivity index (χ0) is 9.80. The van der Waals surface area contributed by atoms with Crippen LogP contribution in [0.4, 0.5) is 0 Å². The lowest BCUT2D eigenvalue weighted by Crippen LogP contribution is -2.04. The molecular formula is C12H11ClOP+. The van der Waals surface area contributed by atoms with E-state index in [0.717, 1.165) is 10.6 Å². The van der Waals surface area contributed by atoms with Crippen LogP contribution in [-0.4, -0.2) is 0 Å². The zero-order valence-corrected chi connectivity index (χ0v) is 9.75. The summed E-state index contributed by atoms with van der Waals surface area (Å²) in [5, 5.41) is 1.77. The lowest BCUT2D eigenvalue weighted by Gasteiger charge is -1.87. The SMILES string of the molecule is Cl.O=[P+](c1ccccc1)c1ccccc1. The Morgan fingerprint density at radius 1 is 0.667 bits per heavy atom. The maximum absolute atomic E-state index is 12.0. The van der Waals surface area contributed by atoms with Crippen molar-refractivity contribution in [2.75, 3.05) is 0 Å². The highest BCUT2D eigenvalue weighted by Gasteiger charge is 2.21. The molecule has 1 nitrogen and oxygen atoms in total. The van der Waals surface area contributed by atoms with Gasteiger partial charge in [-0.2, -0.15) is 0 Å². The topological polar surface area (TPSA) is 17.1 Å². The van der Waals surface area contributed by atoms with E-state index in [1.54, 1.807) is 0 Å². The van der Waals surface area contributed by atoms with Crippen molar-refractivity contribution >= 4 is 30.8 Å². The third kappa shape index (κ3) is 2.89. The van der Waals surface area contributed by atoms with Gasteiger partial charge in [0, 0.05) is 0 Å². The van der Waals surface area contributed by atoms with Crippen molar-refractivity contribution in [2.45, 2.75) is 0 Å². The highest BCUT2D eigenvalue weighted by molar-refractivity contribution is 7.61. The molecule has 0 radical (unpaired) electrons.